The Morgan fingerprint density at radius 3 is 2.95 bits per heavy atom. The van der Waals surface area contributed by atoms with Gasteiger partial charge in [-0.25, -0.2) is 0 Å². The molecule has 0 saturated carbocycles. The first kappa shape index (κ1) is 13.7. The van der Waals surface area contributed by atoms with E-state index in [0.29, 0.717) is 6.54 Å². The minimum atomic E-state index is -0.0505. The number of fused-ring (bicyclic) bond motifs is 1. The zero-order valence-corrected chi connectivity index (χ0v) is 11.4. The molecule has 0 saturated heterocycles. The van der Waals surface area contributed by atoms with E-state index >= 15 is 0 Å². The first-order valence-electron chi connectivity index (χ1n) is 6.60. The second kappa shape index (κ2) is 6.43. The topological polar surface area (TPSA) is 59.6 Å². The molecule has 0 bridgehead atoms. The molecule has 0 aromatic heterocycles. The molecule has 0 radical (unpaired) electrons. The molecule has 1 aromatic rings. The van der Waals surface area contributed by atoms with Crippen molar-refractivity contribution in [3.8, 4) is 11.5 Å². The summed E-state index contributed by atoms with van der Waals surface area (Å²) in [4.78, 5) is 11.7. The quantitative estimate of drug-likeness (QED) is 0.766. The predicted molar refractivity (Wildman–Crippen MR) is 72.3 cm³/mol. The summed E-state index contributed by atoms with van der Waals surface area (Å²) in [6.45, 7) is 5.49. The molecule has 1 unspecified atom stereocenters. The predicted octanol–water partition coefficient (Wildman–Crippen LogP) is 1.59. The molecule has 1 heterocycles. The van der Waals surface area contributed by atoms with E-state index in [-0.39, 0.29) is 18.7 Å². The Hall–Kier alpha value is -1.75. The number of hydrogen-bond donors (Lipinski definition) is 2. The highest BCUT2D eigenvalue weighted by Crippen LogP contribution is 2.34. The van der Waals surface area contributed by atoms with Crippen LogP contribution in [0.3, 0.4) is 0 Å². The van der Waals surface area contributed by atoms with Gasteiger partial charge in [-0.2, -0.15) is 0 Å². The number of carbonyl (C=O) groups excluding carboxylic acids is 1. The van der Waals surface area contributed by atoms with E-state index in [1.165, 1.54) is 0 Å². The van der Waals surface area contributed by atoms with Crippen LogP contribution in [0.25, 0.3) is 0 Å². The summed E-state index contributed by atoms with van der Waals surface area (Å²) in [5.41, 5.74) is 1.01. The molecule has 104 valence electrons. The normalized spacial score (nSPS) is 14.2. The molecule has 1 aromatic carbocycles. The third-order valence-corrected chi connectivity index (χ3v) is 2.99. The van der Waals surface area contributed by atoms with Crippen LogP contribution < -0.4 is 20.1 Å². The molecule has 1 aliphatic heterocycles. The minimum Gasteiger partial charge on any atom is -0.454 e. The summed E-state index contributed by atoms with van der Waals surface area (Å²) in [7, 11) is 0. The van der Waals surface area contributed by atoms with Crippen LogP contribution in [0.1, 0.15) is 31.9 Å². The molecule has 2 rings (SSSR count). The van der Waals surface area contributed by atoms with Gasteiger partial charge in [-0.3, -0.25) is 4.79 Å². The van der Waals surface area contributed by atoms with Crippen LogP contribution in [0.2, 0.25) is 0 Å². The zero-order chi connectivity index (χ0) is 13.7. The summed E-state index contributed by atoms with van der Waals surface area (Å²) < 4.78 is 10.6. The highest BCUT2D eigenvalue weighted by atomic mass is 16.7. The Bertz CT molecular complexity index is 448. The standard InChI is InChI=1S/C14H20N2O3/c1-3-6-15-8-14(17)16-10(2)11-4-5-12-13(7-11)19-9-18-12/h4-5,7,10,15H,3,6,8-9H2,1-2H3,(H,16,17). The fourth-order valence-corrected chi connectivity index (χ4v) is 1.94. The largest absolute Gasteiger partial charge is 0.454 e. The number of hydrogen-bond acceptors (Lipinski definition) is 4. The highest BCUT2D eigenvalue weighted by molar-refractivity contribution is 5.78. The molecule has 5 heteroatoms. The van der Waals surface area contributed by atoms with E-state index in [0.717, 1.165) is 30.0 Å². The number of nitrogens with one attached hydrogen (secondary N) is 2. The minimum absolute atomic E-state index is 0.00128. The average Bonchev–Trinajstić information content (AvgIpc) is 2.86. The van der Waals surface area contributed by atoms with E-state index in [9.17, 15) is 4.79 Å². The first-order chi connectivity index (χ1) is 9.20. The van der Waals surface area contributed by atoms with Crippen LogP contribution in [0.5, 0.6) is 11.5 Å². The van der Waals surface area contributed by atoms with Crippen LogP contribution in [-0.4, -0.2) is 25.8 Å². The Balaban J connectivity index is 1.89. The molecule has 1 aliphatic rings. The fourth-order valence-electron chi connectivity index (χ4n) is 1.94. The van der Waals surface area contributed by atoms with E-state index in [1.54, 1.807) is 0 Å². The number of carbonyl (C=O) groups is 1. The summed E-state index contributed by atoms with van der Waals surface area (Å²) in [6, 6.07) is 5.67. The van der Waals surface area contributed by atoms with Crippen molar-refractivity contribution < 1.29 is 14.3 Å². The molecule has 2 N–H and O–H groups in total. The van der Waals surface area contributed by atoms with Crippen LogP contribution in [0.15, 0.2) is 18.2 Å². The number of benzene rings is 1. The van der Waals surface area contributed by atoms with Crippen LogP contribution in [-0.2, 0) is 4.79 Å². The Kier molecular flexibility index (Phi) is 4.63. The van der Waals surface area contributed by atoms with Gasteiger partial charge < -0.3 is 20.1 Å². The summed E-state index contributed by atoms with van der Waals surface area (Å²) in [5.74, 6) is 1.49. The monoisotopic (exact) mass is 264 g/mol. The Morgan fingerprint density at radius 1 is 1.37 bits per heavy atom. The van der Waals surface area contributed by atoms with Crippen molar-refractivity contribution in [2.45, 2.75) is 26.3 Å². The van der Waals surface area contributed by atoms with Gasteiger partial charge in [0.1, 0.15) is 0 Å². The van der Waals surface area contributed by atoms with Gasteiger partial charge in [0.15, 0.2) is 11.5 Å². The highest BCUT2D eigenvalue weighted by Gasteiger charge is 2.16. The molecule has 19 heavy (non-hydrogen) atoms. The maximum Gasteiger partial charge on any atom is 0.234 e. The molecule has 1 amide bonds. The van der Waals surface area contributed by atoms with E-state index in [2.05, 4.69) is 17.6 Å². The van der Waals surface area contributed by atoms with Crippen molar-refractivity contribution in [1.29, 1.82) is 0 Å². The Morgan fingerprint density at radius 2 is 2.16 bits per heavy atom. The summed E-state index contributed by atoms with van der Waals surface area (Å²) >= 11 is 0. The number of ether oxygens (including phenoxy) is 2. The molecule has 0 spiro atoms. The third-order valence-electron chi connectivity index (χ3n) is 2.99. The molecule has 0 aliphatic carbocycles. The van der Waals surface area contributed by atoms with Gasteiger partial charge in [0, 0.05) is 0 Å². The van der Waals surface area contributed by atoms with Gasteiger partial charge in [0.05, 0.1) is 12.6 Å². The summed E-state index contributed by atoms with van der Waals surface area (Å²) in [6.07, 6.45) is 1.02. The second-order valence-electron chi connectivity index (χ2n) is 4.58. The number of amides is 1. The maximum atomic E-state index is 11.7. The van der Waals surface area contributed by atoms with Gasteiger partial charge in [-0.05, 0) is 37.6 Å². The van der Waals surface area contributed by atoms with Crippen molar-refractivity contribution in [3.05, 3.63) is 23.8 Å². The lowest BCUT2D eigenvalue weighted by atomic mass is 10.1. The lowest BCUT2D eigenvalue weighted by molar-refractivity contribution is -0.120. The van der Waals surface area contributed by atoms with Crippen LogP contribution >= 0.6 is 0 Å². The van der Waals surface area contributed by atoms with Crippen molar-refractivity contribution in [3.63, 3.8) is 0 Å². The van der Waals surface area contributed by atoms with Gasteiger partial charge in [0.2, 0.25) is 12.7 Å². The average molecular weight is 264 g/mol. The fraction of sp³-hybridized carbons (Fsp3) is 0.500. The lowest BCUT2D eigenvalue weighted by Crippen LogP contribution is -2.35. The summed E-state index contributed by atoms with van der Waals surface area (Å²) in [5, 5.41) is 6.03. The van der Waals surface area contributed by atoms with Crippen molar-refractivity contribution in [1.82, 2.24) is 10.6 Å². The third kappa shape index (κ3) is 3.61. The van der Waals surface area contributed by atoms with Gasteiger partial charge in [-0.15, -0.1) is 0 Å². The van der Waals surface area contributed by atoms with Gasteiger partial charge in [0.25, 0.3) is 0 Å². The lowest BCUT2D eigenvalue weighted by Gasteiger charge is -2.15. The van der Waals surface area contributed by atoms with E-state index < -0.39 is 0 Å². The van der Waals surface area contributed by atoms with Crippen molar-refractivity contribution in [2.75, 3.05) is 19.9 Å². The van der Waals surface area contributed by atoms with Crippen molar-refractivity contribution >= 4 is 5.91 Å². The zero-order valence-electron chi connectivity index (χ0n) is 11.4. The smallest absolute Gasteiger partial charge is 0.234 e. The van der Waals surface area contributed by atoms with Crippen LogP contribution in [0.4, 0.5) is 0 Å². The van der Waals surface area contributed by atoms with E-state index in [4.69, 9.17) is 9.47 Å². The Labute approximate surface area is 113 Å². The number of rotatable bonds is 6. The first-order valence-corrected chi connectivity index (χ1v) is 6.60. The SMILES string of the molecule is CCCNCC(=O)NC(C)c1ccc2c(c1)OCO2. The second-order valence-corrected chi connectivity index (χ2v) is 4.58. The molecular formula is C14H20N2O3. The molecule has 1 atom stereocenters. The molecule has 5 nitrogen and oxygen atoms in total. The van der Waals surface area contributed by atoms with E-state index in [1.807, 2.05) is 25.1 Å². The maximum absolute atomic E-state index is 11.7. The van der Waals surface area contributed by atoms with Gasteiger partial charge >= 0.3 is 0 Å². The molecule has 0 fully saturated rings. The van der Waals surface area contributed by atoms with Crippen molar-refractivity contribution in [2.24, 2.45) is 0 Å². The molecular weight excluding hydrogens is 244 g/mol. The van der Waals surface area contributed by atoms with Gasteiger partial charge in [-0.1, -0.05) is 13.0 Å². The van der Waals surface area contributed by atoms with Crippen LogP contribution in [0, 0.1) is 0 Å².